The molecule has 128 valence electrons. The summed E-state index contributed by atoms with van der Waals surface area (Å²) in [6, 6.07) is 19.2. The first-order valence-electron chi connectivity index (χ1n) is 8.12. The zero-order chi connectivity index (χ0) is 17.8. The van der Waals surface area contributed by atoms with Gasteiger partial charge in [0.2, 0.25) is 0 Å². The molecule has 0 saturated heterocycles. The SMILES string of the molecule is CCOc1c(O)cccc1C(c1ccc(O)cc1)c1ccc(O)cc1. The van der Waals surface area contributed by atoms with Crippen LogP contribution in [0.25, 0.3) is 0 Å². The molecule has 0 amide bonds. The van der Waals surface area contributed by atoms with Crippen LogP contribution in [0.4, 0.5) is 0 Å². The highest BCUT2D eigenvalue weighted by atomic mass is 16.5. The minimum atomic E-state index is -0.213. The Kier molecular flexibility index (Phi) is 4.80. The fourth-order valence-corrected chi connectivity index (χ4v) is 2.96. The first-order chi connectivity index (χ1) is 12.1. The minimum absolute atomic E-state index is 0.0851. The van der Waals surface area contributed by atoms with E-state index in [-0.39, 0.29) is 23.2 Å². The Bertz CT molecular complexity index is 793. The monoisotopic (exact) mass is 336 g/mol. The summed E-state index contributed by atoms with van der Waals surface area (Å²) in [5, 5.41) is 29.5. The van der Waals surface area contributed by atoms with E-state index in [2.05, 4.69) is 0 Å². The average Bonchev–Trinajstić information content (AvgIpc) is 2.61. The Morgan fingerprint density at radius 2 is 1.28 bits per heavy atom. The van der Waals surface area contributed by atoms with E-state index in [1.807, 2.05) is 37.3 Å². The van der Waals surface area contributed by atoms with Crippen molar-refractivity contribution in [2.75, 3.05) is 6.61 Å². The molecule has 0 spiro atoms. The molecule has 0 fully saturated rings. The van der Waals surface area contributed by atoms with Gasteiger partial charge in [-0.05, 0) is 48.4 Å². The van der Waals surface area contributed by atoms with Crippen molar-refractivity contribution >= 4 is 0 Å². The highest BCUT2D eigenvalue weighted by molar-refractivity contribution is 5.55. The normalized spacial score (nSPS) is 10.8. The van der Waals surface area contributed by atoms with E-state index in [9.17, 15) is 15.3 Å². The molecular formula is C21H20O4. The second kappa shape index (κ2) is 7.18. The predicted octanol–water partition coefficient (Wildman–Crippen LogP) is 4.38. The Morgan fingerprint density at radius 3 is 1.76 bits per heavy atom. The van der Waals surface area contributed by atoms with Crippen LogP contribution in [0.2, 0.25) is 0 Å². The molecule has 0 radical (unpaired) electrons. The quantitative estimate of drug-likeness (QED) is 0.605. The summed E-state index contributed by atoms with van der Waals surface area (Å²) in [6.45, 7) is 2.30. The third-order valence-corrected chi connectivity index (χ3v) is 4.08. The van der Waals surface area contributed by atoms with Gasteiger partial charge in [-0.15, -0.1) is 0 Å². The van der Waals surface area contributed by atoms with Gasteiger partial charge in [-0.3, -0.25) is 0 Å². The number of rotatable bonds is 5. The number of benzene rings is 3. The van der Waals surface area contributed by atoms with Gasteiger partial charge in [0.1, 0.15) is 11.5 Å². The summed E-state index contributed by atoms with van der Waals surface area (Å²) in [4.78, 5) is 0. The summed E-state index contributed by atoms with van der Waals surface area (Å²) in [5.74, 6) is 0.691. The summed E-state index contributed by atoms with van der Waals surface area (Å²) in [5.41, 5.74) is 2.70. The maximum Gasteiger partial charge on any atom is 0.165 e. The van der Waals surface area contributed by atoms with Crippen molar-refractivity contribution in [1.82, 2.24) is 0 Å². The molecule has 0 bridgehead atoms. The molecule has 3 aromatic rings. The number of phenolic OH excluding ortho intramolecular Hbond substituents is 3. The molecule has 0 saturated carbocycles. The van der Waals surface area contributed by atoms with Gasteiger partial charge in [-0.25, -0.2) is 0 Å². The van der Waals surface area contributed by atoms with Crippen molar-refractivity contribution in [3.05, 3.63) is 83.4 Å². The highest BCUT2D eigenvalue weighted by Gasteiger charge is 2.22. The van der Waals surface area contributed by atoms with Crippen molar-refractivity contribution in [1.29, 1.82) is 0 Å². The zero-order valence-electron chi connectivity index (χ0n) is 13.9. The molecule has 0 aliphatic heterocycles. The van der Waals surface area contributed by atoms with E-state index in [1.54, 1.807) is 36.4 Å². The van der Waals surface area contributed by atoms with Crippen LogP contribution in [0, 0.1) is 0 Å². The zero-order valence-corrected chi connectivity index (χ0v) is 13.9. The van der Waals surface area contributed by atoms with Gasteiger partial charge >= 0.3 is 0 Å². The lowest BCUT2D eigenvalue weighted by atomic mass is 9.84. The molecule has 0 unspecified atom stereocenters. The number of phenols is 3. The fourth-order valence-electron chi connectivity index (χ4n) is 2.96. The van der Waals surface area contributed by atoms with E-state index in [0.29, 0.717) is 12.4 Å². The molecular weight excluding hydrogens is 316 g/mol. The molecule has 4 heteroatoms. The van der Waals surface area contributed by atoms with Crippen molar-refractivity contribution in [3.8, 4) is 23.0 Å². The van der Waals surface area contributed by atoms with Gasteiger partial charge in [-0.2, -0.15) is 0 Å². The third kappa shape index (κ3) is 3.53. The number of hydrogen-bond donors (Lipinski definition) is 3. The highest BCUT2D eigenvalue weighted by Crippen LogP contribution is 2.42. The van der Waals surface area contributed by atoms with Crippen LogP contribution in [-0.2, 0) is 0 Å². The van der Waals surface area contributed by atoms with Gasteiger partial charge < -0.3 is 20.1 Å². The summed E-state index contributed by atoms with van der Waals surface area (Å²) in [6.07, 6.45) is 0. The smallest absolute Gasteiger partial charge is 0.165 e. The molecule has 0 heterocycles. The summed E-state index contributed by atoms with van der Waals surface area (Å²) in [7, 11) is 0. The van der Waals surface area contributed by atoms with Crippen LogP contribution >= 0.6 is 0 Å². The number of aromatic hydroxyl groups is 3. The van der Waals surface area contributed by atoms with Crippen LogP contribution in [0.3, 0.4) is 0 Å². The van der Waals surface area contributed by atoms with Crippen LogP contribution in [0.1, 0.15) is 29.5 Å². The Morgan fingerprint density at radius 1 is 0.760 bits per heavy atom. The van der Waals surface area contributed by atoms with Gasteiger partial charge in [-0.1, -0.05) is 36.4 Å². The maximum atomic E-state index is 10.2. The Labute approximate surface area is 146 Å². The van der Waals surface area contributed by atoms with E-state index in [1.165, 1.54) is 0 Å². The van der Waals surface area contributed by atoms with Gasteiger partial charge in [0.05, 0.1) is 6.61 Å². The molecule has 3 aromatic carbocycles. The van der Waals surface area contributed by atoms with Crippen LogP contribution in [0.15, 0.2) is 66.7 Å². The lowest BCUT2D eigenvalue weighted by Gasteiger charge is -2.22. The molecule has 3 rings (SSSR count). The predicted molar refractivity (Wildman–Crippen MR) is 96.4 cm³/mol. The molecule has 0 aliphatic carbocycles. The average molecular weight is 336 g/mol. The van der Waals surface area contributed by atoms with E-state index < -0.39 is 0 Å². The van der Waals surface area contributed by atoms with E-state index in [4.69, 9.17) is 4.74 Å². The number of hydrogen-bond acceptors (Lipinski definition) is 4. The van der Waals surface area contributed by atoms with Gasteiger partial charge in [0, 0.05) is 11.5 Å². The summed E-state index contributed by atoms with van der Waals surface area (Å²) >= 11 is 0. The Hall–Kier alpha value is -3.14. The van der Waals surface area contributed by atoms with E-state index in [0.717, 1.165) is 16.7 Å². The van der Waals surface area contributed by atoms with Crippen molar-refractivity contribution in [3.63, 3.8) is 0 Å². The topological polar surface area (TPSA) is 69.9 Å². The molecule has 4 nitrogen and oxygen atoms in total. The van der Waals surface area contributed by atoms with Crippen LogP contribution < -0.4 is 4.74 Å². The molecule has 0 aliphatic rings. The van der Waals surface area contributed by atoms with Gasteiger partial charge in [0.25, 0.3) is 0 Å². The first kappa shape index (κ1) is 16.7. The number of ether oxygens (including phenoxy) is 1. The molecule has 0 atom stereocenters. The number of para-hydroxylation sites is 1. The molecule has 25 heavy (non-hydrogen) atoms. The van der Waals surface area contributed by atoms with Crippen molar-refractivity contribution < 1.29 is 20.1 Å². The minimum Gasteiger partial charge on any atom is -0.508 e. The molecule has 3 N–H and O–H groups in total. The standard InChI is InChI=1S/C21H20O4/c1-2-25-21-18(4-3-5-19(21)24)20(14-6-10-16(22)11-7-14)15-8-12-17(23)13-9-15/h3-13,20,22-24H,2H2,1H3. The van der Waals surface area contributed by atoms with Crippen molar-refractivity contribution in [2.24, 2.45) is 0 Å². The lowest BCUT2D eigenvalue weighted by Crippen LogP contribution is -2.06. The first-order valence-corrected chi connectivity index (χ1v) is 8.12. The van der Waals surface area contributed by atoms with Crippen molar-refractivity contribution in [2.45, 2.75) is 12.8 Å². The second-order valence-corrected chi connectivity index (χ2v) is 5.74. The van der Waals surface area contributed by atoms with E-state index >= 15 is 0 Å². The van der Waals surface area contributed by atoms with Crippen LogP contribution in [-0.4, -0.2) is 21.9 Å². The lowest BCUT2D eigenvalue weighted by molar-refractivity contribution is 0.314. The molecule has 0 aromatic heterocycles. The van der Waals surface area contributed by atoms with Crippen LogP contribution in [0.5, 0.6) is 23.0 Å². The van der Waals surface area contributed by atoms with Gasteiger partial charge in [0.15, 0.2) is 11.5 Å². The third-order valence-electron chi connectivity index (χ3n) is 4.08. The maximum absolute atomic E-state index is 10.2. The fraction of sp³-hybridized carbons (Fsp3) is 0.143. The Balaban J connectivity index is 2.19. The second-order valence-electron chi connectivity index (χ2n) is 5.74. The summed E-state index contributed by atoms with van der Waals surface area (Å²) < 4.78 is 5.69. The largest absolute Gasteiger partial charge is 0.508 e.